The molecule has 0 saturated heterocycles. The fourth-order valence-corrected chi connectivity index (χ4v) is 5.45. The molecule has 0 aromatic heterocycles. The molecular formula is C27H37Cl2N3O5S. The first-order valence-electron chi connectivity index (χ1n) is 12.6. The third-order valence-corrected chi connectivity index (χ3v) is 8.19. The van der Waals surface area contributed by atoms with Crippen LogP contribution in [-0.4, -0.2) is 57.1 Å². The van der Waals surface area contributed by atoms with E-state index in [-0.39, 0.29) is 43.8 Å². The zero-order chi connectivity index (χ0) is 28.5. The lowest BCUT2D eigenvalue weighted by molar-refractivity contribution is -0.141. The van der Waals surface area contributed by atoms with Crippen LogP contribution in [0.1, 0.15) is 52.0 Å². The number of hydrogen-bond acceptors (Lipinski definition) is 5. The van der Waals surface area contributed by atoms with Gasteiger partial charge in [-0.25, -0.2) is 8.42 Å². The topological polar surface area (TPSA) is 96.0 Å². The van der Waals surface area contributed by atoms with E-state index in [1.54, 1.807) is 42.5 Å². The summed E-state index contributed by atoms with van der Waals surface area (Å²) in [6.07, 6.45) is 2.53. The van der Waals surface area contributed by atoms with Gasteiger partial charge in [-0.3, -0.25) is 13.9 Å². The zero-order valence-corrected chi connectivity index (χ0v) is 24.9. The van der Waals surface area contributed by atoms with Crippen LogP contribution in [0.25, 0.3) is 0 Å². The number of carbonyl (C=O) groups is 2. The van der Waals surface area contributed by atoms with Gasteiger partial charge in [-0.2, -0.15) is 0 Å². The molecule has 1 N–H and O–H groups in total. The summed E-state index contributed by atoms with van der Waals surface area (Å²) in [5.74, 6) is 0.0530. The molecule has 8 nitrogen and oxygen atoms in total. The molecule has 0 unspecified atom stereocenters. The molecule has 38 heavy (non-hydrogen) atoms. The molecule has 2 aromatic rings. The summed E-state index contributed by atoms with van der Waals surface area (Å²) in [5.41, 5.74) is 1.02. The maximum atomic E-state index is 13.6. The lowest BCUT2D eigenvalue weighted by Gasteiger charge is -2.32. The number of sulfonamides is 1. The Balaban J connectivity index is 2.27. The molecule has 0 radical (unpaired) electrons. The summed E-state index contributed by atoms with van der Waals surface area (Å²) in [7, 11) is -2.07. The molecule has 0 saturated carbocycles. The summed E-state index contributed by atoms with van der Waals surface area (Å²) >= 11 is 12.8. The fourth-order valence-electron chi connectivity index (χ4n) is 3.97. The van der Waals surface area contributed by atoms with Gasteiger partial charge in [0, 0.05) is 41.2 Å². The van der Waals surface area contributed by atoms with Crippen LogP contribution in [0.2, 0.25) is 10.0 Å². The first-order valence-corrected chi connectivity index (χ1v) is 15.2. The molecule has 11 heteroatoms. The molecule has 210 valence electrons. The van der Waals surface area contributed by atoms with Crippen molar-refractivity contribution in [2.75, 3.05) is 24.2 Å². The number of benzene rings is 2. The second-order valence-electron chi connectivity index (χ2n) is 9.10. The van der Waals surface area contributed by atoms with Gasteiger partial charge in [-0.15, -0.1) is 0 Å². The van der Waals surface area contributed by atoms with Crippen molar-refractivity contribution < 1.29 is 22.7 Å². The fraction of sp³-hybridized carbons (Fsp3) is 0.481. The van der Waals surface area contributed by atoms with E-state index in [2.05, 4.69) is 5.32 Å². The zero-order valence-electron chi connectivity index (χ0n) is 22.5. The van der Waals surface area contributed by atoms with Crippen LogP contribution < -0.4 is 14.4 Å². The van der Waals surface area contributed by atoms with Crippen LogP contribution in [0.4, 0.5) is 5.69 Å². The Bertz CT molecular complexity index is 1170. The Kier molecular flexibility index (Phi) is 12.2. The Hall–Kier alpha value is -2.49. The summed E-state index contributed by atoms with van der Waals surface area (Å²) in [4.78, 5) is 28.2. The van der Waals surface area contributed by atoms with Crippen LogP contribution in [-0.2, 0) is 26.2 Å². The highest BCUT2D eigenvalue weighted by atomic mass is 35.5. The van der Waals surface area contributed by atoms with E-state index < -0.39 is 16.1 Å². The van der Waals surface area contributed by atoms with E-state index in [9.17, 15) is 18.0 Å². The third-order valence-electron chi connectivity index (χ3n) is 6.29. The highest BCUT2D eigenvalue weighted by Crippen LogP contribution is 2.28. The number of hydrogen-bond donors (Lipinski definition) is 1. The van der Waals surface area contributed by atoms with Crippen molar-refractivity contribution in [3.8, 4) is 5.75 Å². The molecule has 0 aliphatic heterocycles. The monoisotopic (exact) mass is 585 g/mol. The minimum absolute atomic E-state index is 0.0252. The number of halogens is 2. The standard InChI is InChI=1S/C27H37Cl2N3O5S/c1-6-19(3)30-27(34)25(7-2)31(18-22-23(28)10-8-11-24(22)29)26(33)12-9-17-32(38(5,35)36)20-13-15-21(37-4)16-14-20/h8,10-11,13-16,19,25H,6-7,9,12,17-18H2,1-5H3,(H,30,34)/t19-,25+/m1/s1. The molecule has 0 spiro atoms. The largest absolute Gasteiger partial charge is 0.497 e. The van der Waals surface area contributed by atoms with Gasteiger partial charge >= 0.3 is 0 Å². The van der Waals surface area contributed by atoms with Gasteiger partial charge in [-0.05, 0) is 62.6 Å². The summed E-state index contributed by atoms with van der Waals surface area (Å²) in [6.45, 7) is 5.85. The molecule has 0 bridgehead atoms. The van der Waals surface area contributed by atoms with Gasteiger partial charge in [-0.1, -0.05) is 43.1 Å². The minimum Gasteiger partial charge on any atom is -0.497 e. The molecule has 0 heterocycles. The van der Waals surface area contributed by atoms with Crippen molar-refractivity contribution in [1.82, 2.24) is 10.2 Å². The van der Waals surface area contributed by atoms with Crippen LogP contribution in [0, 0.1) is 0 Å². The van der Waals surface area contributed by atoms with E-state index >= 15 is 0 Å². The van der Waals surface area contributed by atoms with Crippen molar-refractivity contribution >= 4 is 50.7 Å². The summed E-state index contributed by atoms with van der Waals surface area (Å²) < 4.78 is 31.4. The number of carbonyl (C=O) groups excluding carboxylic acids is 2. The average molecular weight is 587 g/mol. The molecule has 0 fully saturated rings. The number of amides is 2. The lowest BCUT2D eigenvalue weighted by atomic mass is 10.1. The van der Waals surface area contributed by atoms with Gasteiger partial charge < -0.3 is 15.0 Å². The van der Waals surface area contributed by atoms with Crippen LogP contribution in [0.15, 0.2) is 42.5 Å². The van der Waals surface area contributed by atoms with Crippen molar-refractivity contribution in [2.24, 2.45) is 0 Å². The number of nitrogens with one attached hydrogen (secondary N) is 1. The summed E-state index contributed by atoms with van der Waals surface area (Å²) in [5, 5.41) is 3.76. The molecule has 0 aliphatic carbocycles. The maximum absolute atomic E-state index is 13.6. The number of ether oxygens (including phenoxy) is 1. The molecule has 2 amide bonds. The number of rotatable bonds is 14. The molecular weight excluding hydrogens is 549 g/mol. The van der Waals surface area contributed by atoms with E-state index in [0.717, 1.165) is 12.7 Å². The van der Waals surface area contributed by atoms with E-state index in [0.29, 0.717) is 33.5 Å². The van der Waals surface area contributed by atoms with Crippen molar-refractivity contribution in [2.45, 2.75) is 65.1 Å². The van der Waals surface area contributed by atoms with Crippen molar-refractivity contribution in [3.63, 3.8) is 0 Å². The molecule has 2 aromatic carbocycles. The van der Waals surface area contributed by atoms with Crippen LogP contribution in [0.5, 0.6) is 5.75 Å². The predicted molar refractivity (Wildman–Crippen MR) is 153 cm³/mol. The number of nitrogens with zero attached hydrogens (tertiary/aromatic N) is 2. The van der Waals surface area contributed by atoms with Gasteiger partial charge in [0.25, 0.3) is 0 Å². The maximum Gasteiger partial charge on any atom is 0.243 e. The Morgan fingerprint density at radius 1 is 1.03 bits per heavy atom. The first kappa shape index (κ1) is 31.7. The molecule has 2 rings (SSSR count). The second kappa shape index (κ2) is 14.6. The normalized spacial score (nSPS) is 12.9. The summed E-state index contributed by atoms with van der Waals surface area (Å²) in [6, 6.07) is 11.0. The minimum atomic E-state index is -3.60. The van der Waals surface area contributed by atoms with E-state index in [4.69, 9.17) is 27.9 Å². The van der Waals surface area contributed by atoms with Crippen LogP contribution >= 0.6 is 23.2 Å². The second-order valence-corrected chi connectivity index (χ2v) is 11.8. The first-order chi connectivity index (χ1) is 17.9. The van der Waals surface area contributed by atoms with Crippen LogP contribution in [0.3, 0.4) is 0 Å². The molecule has 2 atom stereocenters. The Morgan fingerprint density at radius 3 is 2.13 bits per heavy atom. The van der Waals surface area contributed by atoms with Crippen molar-refractivity contribution in [1.29, 1.82) is 0 Å². The Morgan fingerprint density at radius 2 is 1.63 bits per heavy atom. The van der Waals surface area contributed by atoms with Gasteiger partial charge in [0.15, 0.2) is 0 Å². The smallest absolute Gasteiger partial charge is 0.243 e. The average Bonchev–Trinajstić information content (AvgIpc) is 2.87. The van der Waals surface area contributed by atoms with E-state index in [1.165, 1.54) is 16.3 Å². The highest BCUT2D eigenvalue weighted by Gasteiger charge is 2.30. The van der Waals surface area contributed by atoms with E-state index in [1.807, 2.05) is 20.8 Å². The Labute approximate surface area is 236 Å². The highest BCUT2D eigenvalue weighted by molar-refractivity contribution is 7.92. The van der Waals surface area contributed by atoms with Gasteiger partial charge in [0.05, 0.1) is 19.1 Å². The SMILES string of the molecule is CC[C@@H](C)NC(=O)[C@H](CC)N(Cc1c(Cl)cccc1Cl)C(=O)CCCN(c1ccc(OC)cc1)S(C)(=O)=O. The van der Waals surface area contributed by atoms with Crippen molar-refractivity contribution in [3.05, 3.63) is 58.1 Å². The molecule has 0 aliphatic rings. The lowest BCUT2D eigenvalue weighted by Crippen LogP contribution is -2.50. The van der Waals surface area contributed by atoms with Gasteiger partial charge in [0.1, 0.15) is 11.8 Å². The van der Waals surface area contributed by atoms with Gasteiger partial charge in [0.2, 0.25) is 21.8 Å². The number of anilines is 1. The predicted octanol–water partition coefficient (Wildman–Crippen LogP) is 5.27. The number of methoxy groups -OCH3 is 1. The third kappa shape index (κ3) is 8.78. The quantitative estimate of drug-likeness (QED) is 0.326.